The van der Waals surface area contributed by atoms with Crippen LogP contribution in [0, 0.1) is 40.9 Å². The molecule has 5 N–H and O–H groups in total. The molecule has 3 rings (SSSR count). The fourth-order valence-corrected chi connectivity index (χ4v) is 12.8. The number of ether oxygens (including phenoxy) is 2. The number of rotatable bonds is 42. The third-order valence-corrected chi connectivity index (χ3v) is 17.9. The first-order chi connectivity index (χ1) is 42.3. The van der Waals surface area contributed by atoms with Gasteiger partial charge in [-0.3, -0.25) is 62.5 Å². The number of carboxylic acids is 2. The maximum absolute atomic E-state index is 14.8. The molecular formula is C68H109N7O15. The number of unbranched alkanes of at least 4 members (excludes halogenated alkanes) is 2. The predicted molar refractivity (Wildman–Crippen MR) is 342 cm³/mol. The van der Waals surface area contributed by atoms with Gasteiger partial charge < -0.3 is 45.4 Å². The number of benzene rings is 1. The van der Waals surface area contributed by atoms with Gasteiger partial charge >= 0.3 is 11.9 Å². The number of aliphatic carboxylic acids is 2. The Kier molecular flexibility index (Phi) is 32.7. The number of nitrogens with zero attached hydrogens (tertiary/aromatic N) is 4. The van der Waals surface area contributed by atoms with Crippen LogP contribution in [0.15, 0.2) is 42.5 Å². The Morgan fingerprint density at radius 1 is 0.733 bits per heavy atom. The fraction of sp³-hybridized carbons (Fsp3) is 0.721. The topological polar surface area (TPSA) is 296 Å². The molecule has 1 aromatic carbocycles. The molecule has 2 aliphatic rings. The Balaban J connectivity index is 1.79. The van der Waals surface area contributed by atoms with E-state index in [0.717, 1.165) is 36.4 Å². The molecule has 506 valence electrons. The lowest BCUT2D eigenvalue weighted by molar-refractivity contribution is -0.148. The zero-order chi connectivity index (χ0) is 67.7. The van der Waals surface area contributed by atoms with Gasteiger partial charge in [0.25, 0.3) is 11.8 Å². The van der Waals surface area contributed by atoms with Gasteiger partial charge in [0, 0.05) is 78.6 Å². The van der Waals surface area contributed by atoms with Crippen LogP contribution in [0.5, 0.6) is 0 Å². The van der Waals surface area contributed by atoms with E-state index >= 15 is 0 Å². The van der Waals surface area contributed by atoms with Crippen LogP contribution < -0.4 is 16.0 Å². The van der Waals surface area contributed by atoms with E-state index in [1.54, 1.807) is 54.1 Å². The number of carbonyl (C=O) groups excluding carboxylic acids is 9. The summed E-state index contributed by atoms with van der Waals surface area (Å²) >= 11 is 0. The summed E-state index contributed by atoms with van der Waals surface area (Å²) < 4.78 is 12.2. The molecule has 1 aromatic rings. The second-order valence-electron chi connectivity index (χ2n) is 27.1. The second-order valence-corrected chi connectivity index (χ2v) is 27.1. The van der Waals surface area contributed by atoms with E-state index in [9.17, 15) is 63.0 Å². The van der Waals surface area contributed by atoms with Crippen molar-refractivity contribution in [2.75, 3.05) is 47.9 Å². The minimum atomic E-state index is -1.43. The Bertz CT molecular complexity index is 2570. The van der Waals surface area contributed by atoms with Crippen molar-refractivity contribution in [1.29, 1.82) is 0 Å². The molecule has 1 fully saturated rings. The number of hydrogen-bond acceptors (Lipinski definition) is 14. The Hall–Kier alpha value is -6.39. The molecule has 1 saturated heterocycles. The molecule has 1 unspecified atom stereocenters. The van der Waals surface area contributed by atoms with Crippen LogP contribution >= 0.6 is 0 Å². The van der Waals surface area contributed by atoms with Gasteiger partial charge in [-0.2, -0.15) is 0 Å². The van der Waals surface area contributed by atoms with Crippen LogP contribution in [0.25, 0.3) is 0 Å². The highest BCUT2D eigenvalue weighted by atomic mass is 16.5. The lowest BCUT2D eigenvalue weighted by atomic mass is 9.84. The predicted octanol–water partition coefficient (Wildman–Crippen LogP) is 7.04. The molecule has 0 spiro atoms. The van der Waals surface area contributed by atoms with Gasteiger partial charge in [-0.25, -0.2) is 0 Å². The van der Waals surface area contributed by atoms with E-state index in [1.165, 1.54) is 14.2 Å². The number of imide groups is 1. The van der Waals surface area contributed by atoms with Crippen molar-refractivity contribution < 1.29 is 72.4 Å². The summed E-state index contributed by atoms with van der Waals surface area (Å²) in [6, 6.07) is 3.51. The van der Waals surface area contributed by atoms with Crippen molar-refractivity contribution in [3.8, 4) is 0 Å². The average Bonchev–Trinajstić information content (AvgIpc) is 1.70. The number of ketones is 2. The summed E-state index contributed by atoms with van der Waals surface area (Å²) in [5, 5.41) is 28.5. The molecular weight excluding hydrogens is 1150 g/mol. The van der Waals surface area contributed by atoms with Crippen molar-refractivity contribution in [2.45, 2.75) is 227 Å². The first-order valence-electron chi connectivity index (χ1n) is 32.6. The maximum Gasteiger partial charge on any atom is 0.306 e. The van der Waals surface area contributed by atoms with Crippen LogP contribution in [0.3, 0.4) is 0 Å². The highest BCUT2D eigenvalue weighted by molar-refractivity contribution is 6.13. The summed E-state index contributed by atoms with van der Waals surface area (Å²) in [6.07, 6.45) is 4.09. The van der Waals surface area contributed by atoms with Gasteiger partial charge in [-0.05, 0) is 93.2 Å². The molecule has 0 bridgehead atoms. The summed E-state index contributed by atoms with van der Waals surface area (Å²) in [5.74, 6) is -8.75. The number of carbonyl (C=O) groups is 11. The lowest BCUT2D eigenvalue weighted by Gasteiger charge is -2.41. The van der Waals surface area contributed by atoms with Crippen LogP contribution in [-0.4, -0.2) is 191 Å². The number of likely N-dealkylation sites (N-methyl/N-ethyl adjacent to an activating group) is 2. The quantitative estimate of drug-likeness (QED) is 0.0324. The number of likely N-dealkylation sites (tertiary alicyclic amines) is 1. The van der Waals surface area contributed by atoms with E-state index in [0.29, 0.717) is 56.6 Å². The second kappa shape index (κ2) is 37.8. The summed E-state index contributed by atoms with van der Waals surface area (Å²) in [6.45, 7) is 23.4. The van der Waals surface area contributed by atoms with E-state index in [4.69, 9.17) is 9.47 Å². The molecule has 7 amide bonds. The minimum Gasteiger partial charge on any atom is -0.481 e. The van der Waals surface area contributed by atoms with Gasteiger partial charge in [0.05, 0.1) is 54.6 Å². The Labute approximate surface area is 535 Å². The fourth-order valence-electron chi connectivity index (χ4n) is 12.8. The maximum atomic E-state index is 14.8. The van der Waals surface area contributed by atoms with Crippen molar-refractivity contribution in [3.05, 3.63) is 48.0 Å². The highest BCUT2D eigenvalue weighted by Gasteiger charge is 2.44. The third-order valence-electron chi connectivity index (χ3n) is 17.9. The van der Waals surface area contributed by atoms with Crippen molar-refractivity contribution in [3.63, 3.8) is 0 Å². The lowest BCUT2D eigenvalue weighted by Crippen LogP contribution is -2.60. The monoisotopic (exact) mass is 1260 g/mol. The molecule has 2 heterocycles. The van der Waals surface area contributed by atoms with Crippen LogP contribution in [0.2, 0.25) is 0 Å². The number of methoxy groups -OCH3 is 2. The Morgan fingerprint density at radius 3 is 1.92 bits per heavy atom. The number of carboxylic acid groups (broad SMARTS) is 2. The molecule has 22 nitrogen and oxygen atoms in total. The zero-order valence-electron chi connectivity index (χ0n) is 56.5. The molecule has 0 aliphatic carbocycles. The first kappa shape index (κ1) is 77.9. The SMILES string of the molecule is CC[C@H](C)[C@@H]([C@@H](CC(=O)N1CCC[C@H]1[C@H](OC)[C@@H](C)C(=O)N[C@@H](Cc1ccccc1)C(=O)N[C@@H](CCC(=O)O)C(=O)C[C@@H](CCCCCC(=O)CCN1C(=O)C=CC1=O)C(=O)O)OC)N(C)C(=O)[C@@H](NC(=O)[C@H](C(C)C)N(C)CCC(C)CC(C)(C)C)C(C)C. The number of nitrogens with one attached hydrogen (secondary N) is 3. The molecule has 90 heavy (non-hydrogen) atoms. The molecule has 0 radical (unpaired) electrons. The van der Waals surface area contributed by atoms with Gasteiger partial charge in [0.1, 0.15) is 17.9 Å². The standard InChI is InChI=1S/C68H109N7O15/c1-16-45(7)61(73(13)66(86)59(42(2)3)71-65(85)60(43(4)5)72(12)36-33-44(6)41-68(9,10)11)54(89-14)40-57(80)74-35-23-28-52(74)62(90-15)46(8)63(83)70-51(38-47-24-19-17-20-25-47)64(84)69-50(29-32-58(81)82)53(77)39-48(67(87)88)26-21-18-22-27-49(76)34-37-75-55(78)30-31-56(75)79/h17,19-20,24-25,30-31,42-46,48,50-52,54,59-62H,16,18,21-23,26-29,32-41H2,1-15H3,(H,69,84)(H,70,83)(H,71,85)(H,81,82)(H,87,88)/t44?,45-,46+,48+,50-,51-,52-,54+,59-,60-,61-,62+/m0/s1. The highest BCUT2D eigenvalue weighted by Crippen LogP contribution is 2.31. The van der Waals surface area contributed by atoms with E-state index in [1.807, 2.05) is 48.6 Å². The van der Waals surface area contributed by atoms with Crippen molar-refractivity contribution >= 4 is 64.9 Å². The molecule has 22 heteroatoms. The number of amides is 7. The molecule has 12 atom stereocenters. The molecule has 0 saturated carbocycles. The smallest absolute Gasteiger partial charge is 0.306 e. The van der Waals surface area contributed by atoms with Crippen molar-refractivity contribution in [2.24, 2.45) is 40.9 Å². The Morgan fingerprint density at radius 2 is 1.37 bits per heavy atom. The molecule has 2 aliphatic heterocycles. The van der Waals surface area contributed by atoms with Gasteiger partial charge in [-0.1, -0.05) is 126 Å². The van der Waals surface area contributed by atoms with Gasteiger partial charge in [0.2, 0.25) is 29.5 Å². The van der Waals surface area contributed by atoms with E-state index in [2.05, 4.69) is 48.5 Å². The normalized spacial score (nSPS) is 18.1. The van der Waals surface area contributed by atoms with Gasteiger partial charge in [0.15, 0.2) is 5.78 Å². The zero-order valence-corrected chi connectivity index (χ0v) is 56.5. The van der Waals surface area contributed by atoms with Crippen LogP contribution in [-0.2, 0) is 68.6 Å². The number of hydrogen-bond donors (Lipinski definition) is 5. The first-order valence-corrected chi connectivity index (χ1v) is 32.6. The van der Waals surface area contributed by atoms with Crippen LogP contribution in [0.1, 0.15) is 178 Å². The minimum absolute atomic E-state index is 0.0126. The molecule has 0 aromatic heterocycles. The van der Waals surface area contributed by atoms with E-state index in [-0.39, 0.29) is 91.7 Å². The third kappa shape index (κ3) is 24.7. The van der Waals surface area contributed by atoms with Crippen molar-refractivity contribution in [1.82, 2.24) is 35.6 Å². The summed E-state index contributed by atoms with van der Waals surface area (Å²) in [5.41, 5.74) is 0.832. The average molecular weight is 1260 g/mol. The number of Topliss-reactive ketones (excluding diaryl/α,β-unsaturated/α-hetero) is 2. The summed E-state index contributed by atoms with van der Waals surface area (Å²) in [4.78, 5) is 154. The van der Waals surface area contributed by atoms with E-state index < -0.39 is 114 Å². The van der Waals surface area contributed by atoms with Crippen LogP contribution in [0.4, 0.5) is 0 Å². The largest absolute Gasteiger partial charge is 0.481 e. The van der Waals surface area contributed by atoms with Gasteiger partial charge in [-0.15, -0.1) is 0 Å². The summed E-state index contributed by atoms with van der Waals surface area (Å²) in [7, 11) is 6.61.